The number of nitrogens with zero attached hydrogens (tertiary/aromatic N) is 1. The van der Waals surface area contributed by atoms with Crippen LogP contribution in [0.25, 0.3) is 0 Å². The Morgan fingerprint density at radius 1 is 1.44 bits per heavy atom. The maximum Gasteiger partial charge on any atom is 0.120 e. The second-order valence-corrected chi connectivity index (χ2v) is 4.46. The minimum atomic E-state index is 0.371. The molecule has 0 bridgehead atoms. The van der Waals surface area contributed by atoms with Gasteiger partial charge in [0.15, 0.2) is 0 Å². The van der Waals surface area contributed by atoms with E-state index in [0.29, 0.717) is 11.9 Å². The Labute approximate surface area is 96.6 Å². The average molecular weight is 221 g/mol. The van der Waals surface area contributed by atoms with Crippen LogP contribution >= 0.6 is 0 Å². The Morgan fingerprint density at radius 3 is 2.94 bits per heavy atom. The summed E-state index contributed by atoms with van der Waals surface area (Å²) < 4.78 is 5.59. The third-order valence-electron chi connectivity index (χ3n) is 2.97. The zero-order chi connectivity index (χ0) is 11.4. The number of para-hydroxylation sites is 1. The van der Waals surface area contributed by atoms with Crippen LogP contribution in [0, 0.1) is 0 Å². The molecule has 1 heterocycles. The first-order valence-corrected chi connectivity index (χ1v) is 5.83. The van der Waals surface area contributed by atoms with E-state index in [1.807, 2.05) is 18.2 Å². The van der Waals surface area contributed by atoms with E-state index in [-0.39, 0.29) is 0 Å². The van der Waals surface area contributed by atoms with Gasteiger partial charge in [0.2, 0.25) is 0 Å². The molecule has 2 rings (SSSR count). The molecule has 1 saturated heterocycles. The average Bonchev–Trinajstić information content (AvgIpc) is 2.74. The largest absolute Gasteiger partial charge is 0.508 e. The third-order valence-corrected chi connectivity index (χ3v) is 2.97. The first-order chi connectivity index (χ1) is 7.75. The van der Waals surface area contributed by atoms with Gasteiger partial charge in [-0.25, -0.2) is 0 Å². The third kappa shape index (κ3) is 2.97. The minimum Gasteiger partial charge on any atom is -0.508 e. The summed E-state index contributed by atoms with van der Waals surface area (Å²) in [6.07, 6.45) is 2.70. The Balaban J connectivity index is 1.86. The minimum absolute atomic E-state index is 0.371. The van der Waals surface area contributed by atoms with Crippen molar-refractivity contribution in [1.29, 1.82) is 0 Å². The van der Waals surface area contributed by atoms with Gasteiger partial charge >= 0.3 is 0 Å². The van der Waals surface area contributed by atoms with E-state index >= 15 is 0 Å². The molecule has 3 heteroatoms. The van der Waals surface area contributed by atoms with Crippen LogP contribution in [-0.4, -0.2) is 36.3 Å². The van der Waals surface area contributed by atoms with Gasteiger partial charge in [-0.2, -0.15) is 0 Å². The maximum absolute atomic E-state index is 9.66. The van der Waals surface area contributed by atoms with Crippen LogP contribution in [0.3, 0.4) is 0 Å². The van der Waals surface area contributed by atoms with Crippen molar-refractivity contribution in [3.05, 3.63) is 29.8 Å². The van der Waals surface area contributed by atoms with Crippen molar-refractivity contribution in [2.45, 2.75) is 25.5 Å². The summed E-state index contributed by atoms with van der Waals surface area (Å²) in [5.41, 5.74) is 0.975. The highest BCUT2D eigenvalue weighted by Crippen LogP contribution is 2.18. The van der Waals surface area contributed by atoms with Crippen LogP contribution in [0.5, 0.6) is 5.75 Å². The Hall–Kier alpha value is -1.06. The smallest absolute Gasteiger partial charge is 0.120 e. The summed E-state index contributed by atoms with van der Waals surface area (Å²) in [5.74, 6) is 0.377. The molecule has 1 N–H and O–H groups in total. The Kier molecular flexibility index (Phi) is 3.80. The molecule has 0 spiro atoms. The number of phenols is 1. The molecule has 0 amide bonds. The highest BCUT2D eigenvalue weighted by Gasteiger charge is 2.17. The lowest BCUT2D eigenvalue weighted by atomic mass is 10.1. The number of aromatic hydroxyl groups is 1. The van der Waals surface area contributed by atoms with Crippen LogP contribution in [0.1, 0.15) is 18.4 Å². The zero-order valence-electron chi connectivity index (χ0n) is 9.72. The predicted octanol–water partition coefficient (Wildman–Crippen LogP) is 2.00. The van der Waals surface area contributed by atoms with Gasteiger partial charge in [-0.1, -0.05) is 18.2 Å². The number of rotatable bonds is 4. The highest BCUT2D eigenvalue weighted by molar-refractivity contribution is 5.31. The van der Waals surface area contributed by atoms with Crippen LogP contribution in [0.4, 0.5) is 0 Å². The fraction of sp³-hybridized carbons (Fsp3) is 0.538. The predicted molar refractivity (Wildman–Crippen MR) is 63.4 cm³/mol. The summed E-state index contributed by atoms with van der Waals surface area (Å²) >= 11 is 0. The molecule has 1 aliphatic rings. The summed E-state index contributed by atoms with van der Waals surface area (Å²) in [7, 11) is 2.06. The zero-order valence-corrected chi connectivity index (χ0v) is 9.72. The molecular weight excluding hydrogens is 202 g/mol. The summed E-state index contributed by atoms with van der Waals surface area (Å²) in [4.78, 5) is 2.20. The number of hydrogen-bond donors (Lipinski definition) is 1. The Bertz CT molecular complexity index is 334. The van der Waals surface area contributed by atoms with Crippen molar-refractivity contribution >= 4 is 0 Å². The van der Waals surface area contributed by atoms with Crippen molar-refractivity contribution < 1.29 is 9.84 Å². The van der Waals surface area contributed by atoms with Gasteiger partial charge in [-0.15, -0.1) is 0 Å². The van der Waals surface area contributed by atoms with Crippen molar-refractivity contribution in [3.63, 3.8) is 0 Å². The number of phenolic OH excluding ortho intramolecular Hbond substituents is 1. The second-order valence-electron chi connectivity index (χ2n) is 4.46. The van der Waals surface area contributed by atoms with Gasteiger partial charge in [0.1, 0.15) is 5.75 Å². The highest BCUT2D eigenvalue weighted by atomic mass is 16.5. The monoisotopic (exact) mass is 221 g/mol. The molecule has 16 heavy (non-hydrogen) atoms. The number of likely N-dealkylation sites (N-methyl/N-ethyl adjacent to an activating group) is 1. The van der Waals surface area contributed by atoms with E-state index in [2.05, 4.69) is 11.9 Å². The summed E-state index contributed by atoms with van der Waals surface area (Å²) in [6.45, 7) is 2.61. The number of ether oxygens (including phenoxy) is 1. The topological polar surface area (TPSA) is 32.7 Å². The molecule has 3 nitrogen and oxygen atoms in total. The van der Waals surface area contributed by atoms with Gasteiger partial charge in [0.05, 0.1) is 6.10 Å². The molecule has 1 unspecified atom stereocenters. The molecule has 0 aromatic heterocycles. The molecule has 1 fully saturated rings. The fourth-order valence-corrected chi connectivity index (χ4v) is 2.14. The molecular formula is C13H19NO2. The van der Waals surface area contributed by atoms with Crippen molar-refractivity contribution in [2.75, 3.05) is 20.2 Å². The molecule has 0 saturated carbocycles. The quantitative estimate of drug-likeness (QED) is 0.844. The van der Waals surface area contributed by atoms with Crippen molar-refractivity contribution in [3.8, 4) is 5.75 Å². The summed E-state index contributed by atoms with van der Waals surface area (Å²) in [6, 6.07) is 7.49. The first kappa shape index (κ1) is 11.4. The molecule has 88 valence electrons. The van der Waals surface area contributed by atoms with E-state index in [4.69, 9.17) is 4.74 Å². The normalized spacial score (nSPS) is 20.5. The number of benzene rings is 1. The SMILES string of the molecule is CN(Cc1ccccc1O)CC1CCCO1. The lowest BCUT2D eigenvalue weighted by Crippen LogP contribution is -2.28. The van der Waals surface area contributed by atoms with Crippen molar-refractivity contribution in [1.82, 2.24) is 4.90 Å². The van der Waals surface area contributed by atoms with E-state index in [1.165, 1.54) is 6.42 Å². The van der Waals surface area contributed by atoms with Gasteiger partial charge in [0, 0.05) is 25.3 Å². The molecule has 1 aromatic carbocycles. The standard InChI is InChI=1S/C13H19NO2/c1-14(10-12-6-4-8-16-12)9-11-5-2-3-7-13(11)15/h2-3,5,7,12,15H,4,6,8-10H2,1H3. The van der Waals surface area contributed by atoms with Gasteiger partial charge in [-0.3, -0.25) is 4.90 Å². The molecule has 1 aromatic rings. The van der Waals surface area contributed by atoms with E-state index in [9.17, 15) is 5.11 Å². The van der Waals surface area contributed by atoms with Crippen LogP contribution < -0.4 is 0 Å². The lowest BCUT2D eigenvalue weighted by molar-refractivity contribution is 0.0791. The van der Waals surface area contributed by atoms with Crippen molar-refractivity contribution in [2.24, 2.45) is 0 Å². The Morgan fingerprint density at radius 2 is 2.25 bits per heavy atom. The molecule has 0 radical (unpaired) electrons. The first-order valence-electron chi connectivity index (χ1n) is 5.83. The summed E-state index contributed by atoms with van der Waals surface area (Å²) in [5, 5.41) is 9.66. The van der Waals surface area contributed by atoms with Crippen LogP contribution in [0.2, 0.25) is 0 Å². The fourth-order valence-electron chi connectivity index (χ4n) is 2.14. The van der Waals surface area contributed by atoms with E-state index in [0.717, 1.165) is 31.7 Å². The van der Waals surface area contributed by atoms with Gasteiger partial charge < -0.3 is 9.84 Å². The van der Waals surface area contributed by atoms with E-state index < -0.39 is 0 Å². The van der Waals surface area contributed by atoms with E-state index in [1.54, 1.807) is 6.07 Å². The maximum atomic E-state index is 9.66. The molecule has 1 aliphatic heterocycles. The van der Waals surface area contributed by atoms with Gasteiger partial charge in [0.25, 0.3) is 0 Å². The van der Waals surface area contributed by atoms with Gasteiger partial charge in [-0.05, 0) is 26.0 Å². The lowest BCUT2D eigenvalue weighted by Gasteiger charge is -2.20. The molecule has 1 atom stereocenters. The number of hydrogen-bond acceptors (Lipinski definition) is 3. The van der Waals surface area contributed by atoms with Crippen LogP contribution in [0.15, 0.2) is 24.3 Å². The second kappa shape index (κ2) is 5.32. The molecule has 0 aliphatic carbocycles. The van der Waals surface area contributed by atoms with Crippen LogP contribution in [-0.2, 0) is 11.3 Å².